The fourth-order valence-electron chi connectivity index (χ4n) is 2.34. The van der Waals surface area contributed by atoms with Crippen molar-refractivity contribution in [3.8, 4) is 0 Å². The lowest BCUT2D eigenvalue weighted by Gasteiger charge is -2.26. The van der Waals surface area contributed by atoms with Crippen molar-refractivity contribution in [2.75, 3.05) is 26.2 Å². The van der Waals surface area contributed by atoms with Crippen LogP contribution in [0.4, 0.5) is 0 Å². The van der Waals surface area contributed by atoms with E-state index in [0.717, 1.165) is 13.1 Å². The van der Waals surface area contributed by atoms with Gasteiger partial charge in [0.1, 0.15) is 0 Å². The van der Waals surface area contributed by atoms with E-state index >= 15 is 0 Å². The Hall–Kier alpha value is -1.55. The van der Waals surface area contributed by atoms with E-state index in [1.807, 2.05) is 18.2 Å². The van der Waals surface area contributed by atoms with E-state index < -0.39 is 0 Å². The smallest absolute Gasteiger partial charge is 0.188 e. The summed E-state index contributed by atoms with van der Waals surface area (Å²) < 4.78 is 0. The van der Waals surface area contributed by atoms with Gasteiger partial charge in [-0.1, -0.05) is 36.8 Å². The maximum absolute atomic E-state index is 5.86. The molecular formula is C15H24N4. The van der Waals surface area contributed by atoms with Crippen molar-refractivity contribution in [2.24, 2.45) is 10.7 Å². The van der Waals surface area contributed by atoms with Crippen LogP contribution >= 0.6 is 0 Å². The van der Waals surface area contributed by atoms with Crippen molar-refractivity contribution >= 4 is 5.96 Å². The lowest BCUT2D eigenvalue weighted by atomic mass is 10.1. The number of nitrogens with zero attached hydrogens (tertiary/aromatic N) is 2. The Morgan fingerprint density at radius 1 is 1.16 bits per heavy atom. The van der Waals surface area contributed by atoms with Crippen LogP contribution in [-0.2, 0) is 6.54 Å². The average Bonchev–Trinajstić information content (AvgIpc) is 2.47. The van der Waals surface area contributed by atoms with Crippen molar-refractivity contribution in [3.63, 3.8) is 0 Å². The van der Waals surface area contributed by atoms with Crippen molar-refractivity contribution in [2.45, 2.75) is 25.8 Å². The standard InChI is InChI=1S/C15H24N4/c16-15(18-13-14-7-3-1-4-8-14)17-9-12-19-10-5-2-6-11-19/h1,3-4,7-8H,2,5-6,9-13H2,(H3,16,17,18). The van der Waals surface area contributed by atoms with Gasteiger partial charge in [-0.05, 0) is 31.5 Å². The molecule has 1 fully saturated rings. The van der Waals surface area contributed by atoms with E-state index in [2.05, 4.69) is 27.3 Å². The number of piperidine rings is 1. The average molecular weight is 260 g/mol. The lowest BCUT2D eigenvalue weighted by molar-refractivity contribution is 0.232. The first-order valence-electron chi connectivity index (χ1n) is 7.14. The first-order valence-corrected chi connectivity index (χ1v) is 7.14. The first-order chi connectivity index (χ1) is 9.34. The molecule has 0 spiro atoms. The molecule has 0 aromatic heterocycles. The molecule has 1 aromatic carbocycles. The molecule has 0 amide bonds. The number of nitrogens with two attached hydrogens (primary N) is 1. The van der Waals surface area contributed by atoms with Gasteiger partial charge < -0.3 is 16.0 Å². The van der Waals surface area contributed by atoms with Gasteiger partial charge in [0.25, 0.3) is 0 Å². The Labute approximate surface area is 115 Å². The maximum Gasteiger partial charge on any atom is 0.188 e. The molecule has 0 bridgehead atoms. The number of guanidine groups is 1. The van der Waals surface area contributed by atoms with Gasteiger partial charge in [0.05, 0.1) is 6.54 Å². The van der Waals surface area contributed by atoms with E-state index in [9.17, 15) is 0 Å². The summed E-state index contributed by atoms with van der Waals surface area (Å²) in [5.41, 5.74) is 7.04. The zero-order valence-corrected chi connectivity index (χ0v) is 11.5. The summed E-state index contributed by atoms with van der Waals surface area (Å²) in [6.07, 6.45) is 4.04. The molecule has 0 radical (unpaired) electrons. The number of hydrogen-bond donors (Lipinski definition) is 2. The fourth-order valence-corrected chi connectivity index (χ4v) is 2.34. The van der Waals surface area contributed by atoms with Crippen LogP contribution in [0.2, 0.25) is 0 Å². The molecular weight excluding hydrogens is 236 g/mol. The van der Waals surface area contributed by atoms with E-state index in [1.54, 1.807) is 0 Å². The minimum atomic E-state index is 0.542. The summed E-state index contributed by atoms with van der Waals surface area (Å²) in [4.78, 5) is 6.83. The van der Waals surface area contributed by atoms with Gasteiger partial charge in [-0.2, -0.15) is 0 Å². The number of likely N-dealkylation sites (tertiary alicyclic amines) is 1. The molecule has 0 aliphatic carbocycles. The number of aliphatic imine (C=N–C) groups is 1. The second-order valence-electron chi connectivity index (χ2n) is 5.02. The predicted octanol–water partition coefficient (Wildman–Crippen LogP) is 1.58. The summed E-state index contributed by atoms with van der Waals surface area (Å²) in [5.74, 6) is 0.542. The topological polar surface area (TPSA) is 53.6 Å². The van der Waals surface area contributed by atoms with Crippen molar-refractivity contribution < 1.29 is 0 Å². The third-order valence-electron chi connectivity index (χ3n) is 3.46. The molecule has 104 valence electrons. The maximum atomic E-state index is 5.86. The highest BCUT2D eigenvalue weighted by Gasteiger charge is 2.08. The molecule has 0 saturated carbocycles. The molecule has 4 heteroatoms. The van der Waals surface area contributed by atoms with Gasteiger partial charge in [0.15, 0.2) is 5.96 Å². The molecule has 1 aromatic rings. The van der Waals surface area contributed by atoms with Crippen LogP contribution in [0.5, 0.6) is 0 Å². The quantitative estimate of drug-likeness (QED) is 0.624. The van der Waals surface area contributed by atoms with Crippen molar-refractivity contribution in [3.05, 3.63) is 35.9 Å². The van der Waals surface area contributed by atoms with Gasteiger partial charge in [-0.3, -0.25) is 0 Å². The highest BCUT2D eigenvalue weighted by atomic mass is 15.2. The first kappa shape index (κ1) is 13.9. The van der Waals surface area contributed by atoms with Crippen LogP contribution in [0.25, 0.3) is 0 Å². The molecule has 19 heavy (non-hydrogen) atoms. The summed E-state index contributed by atoms with van der Waals surface area (Å²) in [6, 6.07) is 10.2. The zero-order chi connectivity index (χ0) is 13.3. The SMILES string of the molecule is NC(=NCc1ccccc1)NCCN1CCCCC1. The summed E-state index contributed by atoms with van der Waals surface area (Å²) in [7, 11) is 0. The van der Waals surface area contributed by atoms with Crippen molar-refractivity contribution in [1.29, 1.82) is 0 Å². The number of benzene rings is 1. The molecule has 4 nitrogen and oxygen atoms in total. The summed E-state index contributed by atoms with van der Waals surface area (Å²) in [5, 5.41) is 3.19. The van der Waals surface area contributed by atoms with Gasteiger partial charge in [-0.15, -0.1) is 0 Å². The highest BCUT2D eigenvalue weighted by molar-refractivity contribution is 5.77. The summed E-state index contributed by atoms with van der Waals surface area (Å²) in [6.45, 7) is 5.03. The molecule has 1 aliphatic rings. The van der Waals surface area contributed by atoms with Crippen LogP contribution in [0.1, 0.15) is 24.8 Å². The fraction of sp³-hybridized carbons (Fsp3) is 0.533. The monoisotopic (exact) mass is 260 g/mol. The Morgan fingerprint density at radius 3 is 2.63 bits per heavy atom. The molecule has 0 atom stereocenters. The van der Waals surface area contributed by atoms with Gasteiger partial charge in [0, 0.05) is 13.1 Å². The lowest BCUT2D eigenvalue weighted by Crippen LogP contribution is -2.40. The van der Waals surface area contributed by atoms with Gasteiger partial charge in [0.2, 0.25) is 0 Å². The van der Waals surface area contributed by atoms with Crippen LogP contribution in [0.15, 0.2) is 35.3 Å². The Kier molecular flexibility index (Phi) is 5.69. The van der Waals surface area contributed by atoms with Crippen molar-refractivity contribution in [1.82, 2.24) is 10.2 Å². The van der Waals surface area contributed by atoms with Gasteiger partial charge in [-0.25, -0.2) is 4.99 Å². The zero-order valence-electron chi connectivity index (χ0n) is 11.5. The highest BCUT2D eigenvalue weighted by Crippen LogP contribution is 2.07. The molecule has 2 rings (SSSR count). The molecule has 1 aliphatic heterocycles. The second-order valence-corrected chi connectivity index (χ2v) is 5.02. The minimum Gasteiger partial charge on any atom is -0.370 e. The molecule has 1 heterocycles. The second kappa shape index (κ2) is 7.79. The van der Waals surface area contributed by atoms with E-state index in [-0.39, 0.29) is 0 Å². The van der Waals surface area contributed by atoms with Crippen LogP contribution < -0.4 is 11.1 Å². The Bertz CT molecular complexity index is 382. The van der Waals surface area contributed by atoms with E-state index in [1.165, 1.54) is 37.9 Å². The molecule has 0 unspecified atom stereocenters. The molecule has 1 saturated heterocycles. The molecule has 3 N–H and O–H groups in total. The third kappa shape index (κ3) is 5.30. The number of rotatable bonds is 5. The van der Waals surface area contributed by atoms with Crippen LogP contribution in [-0.4, -0.2) is 37.0 Å². The number of nitrogens with one attached hydrogen (secondary N) is 1. The van der Waals surface area contributed by atoms with E-state index in [0.29, 0.717) is 12.5 Å². The predicted molar refractivity (Wildman–Crippen MR) is 80.1 cm³/mol. The van der Waals surface area contributed by atoms with Crippen LogP contribution in [0.3, 0.4) is 0 Å². The number of hydrogen-bond acceptors (Lipinski definition) is 2. The minimum absolute atomic E-state index is 0.542. The Morgan fingerprint density at radius 2 is 1.89 bits per heavy atom. The van der Waals surface area contributed by atoms with Crippen LogP contribution in [0, 0.1) is 0 Å². The largest absolute Gasteiger partial charge is 0.370 e. The Balaban J connectivity index is 1.64. The normalized spacial score (nSPS) is 17.4. The third-order valence-corrected chi connectivity index (χ3v) is 3.46. The summed E-state index contributed by atoms with van der Waals surface area (Å²) >= 11 is 0. The van der Waals surface area contributed by atoms with E-state index in [4.69, 9.17) is 5.73 Å². The van der Waals surface area contributed by atoms with Gasteiger partial charge >= 0.3 is 0 Å².